The molecule has 5 heteroatoms. The van der Waals surface area contributed by atoms with Crippen LogP contribution in [0, 0.1) is 0 Å². The molecule has 0 bridgehead atoms. The van der Waals surface area contributed by atoms with Gasteiger partial charge in [-0.2, -0.15) is 5.10 Å². The molecule has 0 fully saturated rings. The van der Waals surface area contributed by atoms with Crippen LogP contribution in [0.4, 0.5) is 0 Å². The number of aryl methyl sites for hydroxylation is 2. The second-order valence-corrected chi connectivity index (χ2v) is 3.06. The fourth-order valence-corrected chi connectivity index (χ4v) is 1.34. The van der Waals surface area contributed by atoms with Crippen molar-refractivity contribution < 1.29 is 9.53 Å². The topological polar surface area (TPSA) is 70.1 Å². The Hall–Kier alpha value is -1.36. The second-order valence-electron chi connectivity index (χ2n) is 3.06. The van der Waals surface area contributed by atoms with E-state index in [9.17, 15) is 4.79 Å². The molecule has 0 aliphatic carbocycles. The van der Waals surface area contributed by atoms with Gasteiger partial charge in [0.2, 0.25) is 0 Å². The fourth-order valence-electron chi connectivity index (χ4n) is 1.34. The second kappa shape index (κ2) is 4.23. The zero-order chi connectivity index (χ0) is 10.7. The van der Waals surface area contributed by atoms with Crippen LogP contribution in [0.25, 0.3) is 0 Å². The Kier molecular flexibility index (Phi) is 3.24. The van der Waals surface area contributed by atoms with Gasteiger partial charge in [-0.05, 0) is 6.42 Å². The smallest absolute Gasteiger partial charge is 0.327 e. The van der Waals surface area contributed by atoms with Crippen LogP contribution in [0.5, 0.6) is 0 Å². The highest BCUT2D eigenvalue weighted by atomic mass is 16.5. The van der Waals surface area contributed by atoms with Crippen LogP contribution in [-0.2, 0) is 23.0 Å². The molecular formula is C9H15N3O2. The largest absolute Gasteiger partial charge is 0.468 e. The minimum atomic E-state index is -0.733. The maximum Gasteiger partial charge on any atom is 0.327 e. The highest BCUT2D eigenvalue weighted by Crippen LogP contribution is 2.16. The number of rotatable bonds is 3. The molecule has 14 heavy (non-hydrogen) atoms. The number of hydrogen-bond donors (Lipinski definition) is 1. The Labute approximate surface area is 82.8 Å². The predicted molar refractivity (Wildman–Crippen MR) is 51.5 cm³/mol. The first-order valence-corrected chi connectivity index (χ1v) is 4.46. The van der Waals surface area contributed by atoms with E-state index >= 15 is 0 Å². The maximum atomic E-state index is 11.2. The number of nitrogens with two attached hydrogens (primary N) is 1. The SMILES string of the molecule is CCc1nn(C)cc1C(N)C(=O)OC. The third-order valence-corrected chi connectivity index (χ3v) is 2.06. The summed E-state index contributed by atoms with van der Waals surface area (Å²) in [6.45, 7) is 1.97. The van der Waals surface area contributed by atoms with Gasteiger partial charge in [-0.25, -0.2) is 0 Å². The van der Waals surface area contributed by atoms with Crippen molar-refractivity contribution in [1.29, 1.82) is 0 Å². The Morgan fingerprint density at radius 1 is 1.79 bits per heavy atom. The number of carbonyl (C=O) groups excluding carboxylic acids is 1. The third kappa shape index (κ3) is 1.93. The summed E-state index contributed by atoms with van der Waals surface area (Å²) in [7, 11) is 3.12. The Morgan fingerprint density at radius 2 is 2.43 bits per heavy atom. The highest BCUT2D eigenvalue weighted by molar-refractivity contribution is 5.77. The lowest BCUT2D eigenvalue weighted by molar-refractivity contribution is -0.142. The van der Waals surface area contributed by atoms with Crippen molar-refractivity contribution in [3.05, 3.63) is 17.5 Å². The van der Waals surface area contributed by atoms with Gasteiger partial charge >= 0.3 is 5.97 Å². The number of carbonyl (C=O) groups is 1. The number of methoxy groups -OCH3 is 1. The van der Waals surface area contributed by atoms with Crippen LogP contribution in [0.3, 0.4) is 0 Å². The molecule has 2 N–H and O–H groups in total. The van der Waals surface area contributed by atoms with Gasteiger partial charge in [0.25, 0.3) is 0 Å². The van der Waals surface area contributed by atoms with Crippen LogP contribution < -0.4 is 5.73 Å². The van der Waals surface area contributed by atoms with E-state index in [1.807, 2.05) is 6.92 Å². The summed E-state index contributed by atoms with van der Waals surface area (Å²) in [5, 5.41) is 4.20. The normalized spacial score (nSPS) is 12.6. The van der Waals surface area contributed by atoms with Crippen molar-refractivity contribution in [2.24, 2.45) is 12.8 Å². The summed E-state index contributed by atoms with van der Waals surface area (Å²) in [6.07, 6.45) is 2.50. The molecule has 0 aliphatic rings. The van der Waals surface area contributed by atoms with Crippen molar-refractivity contribution in [1.82, 2.24) is 9.78 Å². The molecule has 1 aromatic rings. The highest BCUT2D eigenvalue weighted by Gasteiger charge is 2.21. The molecule has 0 saturated heterocycles. The lowest BCUT2D eigenvalue weighted by Crippen LogP contribution is -2.23. The molecule has 5 nitrogen and oxygen atoms in total. The van der Waals surface area contributed by atoms with E-state index in [0.29, 0.717) is 0 Å². The van der Waals surface area contributed by atoms with Crippen LogP contribution in [0.1, 0.15) is 24.2 Å². The third-order valence-electron chi connectivity index (χ3n) is 2.06. The molecule has 1 rings (SSSR count). The Balaban J connectivity index is 2.98. The molecule has 0 amide bonds. The van der Waals surface area contributed by atoms with Gasteiger partial charge in [0.05, 0.1) is 12.8 Å². The molecule has 1 unspecified atom stereocenters. The number of hydrogen-bond acceptors (Lipinski definition) is 4. The molecular weight excluding hydrogens is 182 g/mol. The van der Waals surface area contributed by atoms with Crippen molar-refractivity contribution in [3.63, 3.8) is 0 Å². The van der Waals surface area contributed by atoms with Crippen molar-refractivity contribution >= 4 is 5.97 Å². The first kappa shape index (κ1) is 10.7. The Bertz CT molecular complexity index is 333. The van der Waals surface area contributed by atoms with E-state index in [4.69, 9.17) is 5.73 Å². The van der Waals surface area contributed by atoms with Crippen molar-refractivity contribution in [3.8, 4) is 0 Å². The predicted octanol–water partition coefficient (Wildman–Crippen LogP) is 0.155. The average molecular weight is 197 g/mol. The van der Waals surface area contributed by atoms with E-state index in [1.54, 1.807) is 17.9 Å². The average Bonchev–Trinajstić information content (AvgIpc) is 2.57. The van der Waals surface area contributed by atoms with E-state index in [0.717, 1.165) is 17.7 Å². The number of esters is 1. The zero-order valence-electron chi connectivity index (χ0n) is 8.65. The summed E-state index contributed by atoms with van der Waals surface area (Å²) in [4.78, 5) is 11.2. The standard InChI is InChI=1S/C9H15N3O2/c1-4-7-6(5-12(2)11-7)8(10)9(13)14-3/h5,8H,4,10H2,1-3H3. The molecule has 1 heterocycles. The lowest BCUT2D eigenvalue weighted by Gasteiger charge is -2.07. The van der Waals surface area contributed by atoms with Crippen molar-refractivity contribution in [2.75, 3.05) is 7.11 Å². The van der Waals surface area contributed by atoms with E-state index < -0.39 is 12.0 Å². The molecule has 0 spiro atoms. The van der Waals surface area contributed by atoms with Crippen LogP contribution >= 0.6 is 0 Å². The summed E-state index contributed by atoms with van der Waals surface area (Å²) < 4.78 is 6.22. The first-order valence-electron chi connectivity index (χ1n) is 4.46. The zero-order valence-corrected chi connectivity index (χ0v) is 8.65. The van der Waals surface area contributed by atoms with Gasteiger partial charge in [-0.3, -0.25) is 9.48 Å². The number of aromatic nitrogens is 2. The van der Waals surface area contributed by atoms with Gasteiger partial charge < -0.3 is 10.5 Å². The number of ether oxygens (including phenoxy) is 1. The molecule has 0 aliphatic heterocycles. The summed E-state index contributed by atoms with van der Waals surface area (Å²) >= 11 is 0. The minimum Gasteiger partial charge on any atom is -0.468 e. The van der Waals surface area contributed by atoms with Gasteiger partial charge in [0.15, 0.2) is 0 Å². The van der Waals surface area contributed by atoms with Gasteiger partial charge in [-0.15, -0.1) is 0 Å². The van der Waals surface area contributed by atoms with Gasteiger partial charge in [0, 0.05) is 18.8 Å². The summed E-state index contributed by atoms with van der Waals surface area (Å²) in [6, 6.07) is -0.733. The van der Waals surface area contributed by atoms with Crippen LogP contribution in [-0.4, -0.2) is 22.9 Å². The number of nitrogens with zero attached hydrogens (tertiary/aromatic N) is 2. The van der Waals surface area contributed by atoms with Crippen molar-refractivity contribution in [2.45, 2.75) is 19.4 Å². The summed E-state index contributed by atoms with van der Waals surface area (Å²) in [5.41, 5.74) is 7.29. The lowest BCUT2D eigenvalue weighted by atomic mass is 10.1. The fraction of sp³-hybridized carbons (Fsp3) is 0.556. The van der Waals surface area contributed by atoms with E-state index in [1.165, 1.54) is 7.11 Å². The van der Waals surface area contributed by atoms with Gasteiger partial charge in [-0.1, -0.05) is 6.92 Å². The first-order chi connectivity index (χ1) is 6.60. The molecule has 0 radical (unpaired) electrons. The van der Waals surface area contributed by atoms with Crippen LogP contribution in [0.15, 0.2) is 6.20 Å². The van der Waals surface area contributed by atoms with E-state index in [-0.39, 0.29) is 0 Å². The molecule has 78 valence electrons. The molecule has 1 atom stereocenters. The van der Waals surface area contributed by atoms with Crippen LogP contribution in [0.2, 0.25) is 0 Å². The quantitative estimate of drug-likeness (QED) is 0.700. The summed E-state index contributed by atoms with van der Waals surface area (Å²) in [5.74, 6) is -0.437. The van der Waals surface area contributed by atoms with E-state index in [2.05, 4.69) is 9.84 Å². The maximum absolute atomic E-state index is 11.2. The molecule has 0 saturated carbocycles. The molecule has 1 aromatic heterocycles. The molecule has 0 aromatic carbocycles. The monoisotopic (exact) mass is 197 g/mol. The Morgan fingerprint density at radius 3 is 2.93 bits per heavy atom. The van der Waals surface area contributed by atoms with Gasteiger partial charge in [0.1, 0.15) is 6.04 Å². The minimum absolute atomic E-state index is 0.437.